The van der Waals surface area contributed by atoms with Crippen molar-refractivity contribution in [3.05, 3.63) is 47.5 Å². The maximum absolute atomic E-state index is 13.1. The van der Waals surface area contributed by atoms with Crippen LogP contribution in [0.2, 0.25) is 0 Å². The molecule has 0 aliphatic carbocycles. The topological polar surface area (TPSA) is 34.1 Å². The molecule has 3 aromatic rings. The SMILES string of the molecule is Cc1ccc2c(c1)c(S(=O)(=O)C(F)(F)F)[c-]1cc(C)ccc21. The zero-order valence-corrected chi connectivity index (χ0v) is 12.6. The highest BCUT2D eigenvalue weighted by molar-refractivity contribution is 7.92. The van der Waals surface area contributed by atoms with E-state index < -0.39 is 20.2 Å². The van der Waals surface area contributed by atoms with Crippen molar-refractivity contribution in [2.75, 3.05) is 0 Å². The van der Waals surface area contributed by atoms with Gasteiger partial charge in [0.05, 0.1) is 0 Å². The summed E-state index contributed by atoms with van der Waals surface area (Å²) in [6.07, 6.45) is 0. The Morgan fingerprint density at radius 1 is 0.955 bits per heavy atom. The molecule has 0 atom stereocenters. The van der Waals surface area contributed by atoms with Gasteiger partial charge in [-0.15, -0.1) is 34.5 Å². The van der Waals surface area contributed by atoms with Crippen LogP contribution in [0.25, 0.3) is 21.5 Å². The number of sulfone groups is 1. The van der Waals surface area contributed by atoms with Crippen LogP contribution in [-0.2, 0) is 9.84 Å². The van der Waals surface area contributed by atoms with E-state index in [4.69, 9.17) is 0 Å². The van der Waals surface area contributed by atoms with Crippen LogP contribution >= 0.6 is 0 Å². The lowest BCUT2D eigenvalue weighted by molar-refractivity contribution is -0.0434. The monoisotopic (exact) mass is 325 g/mol. The molecular formula is C16H12F3O2S-. The van der Waals surface area contributed by atoms with Gasteiger partial charge in [0.1, 0.15) is 0 Å². The molecule has 0 fully saturated rings. The molecule has 0 radical (unpaired) electrons. The fourth-order valence-corrected chi connectivity index (χ4v) is 3.86. The van der Waals surface area contributed by atoms with Crippen LogP contribution < -0.4 is 0 Å². The summed E-state index contributed by atoms with van der Waals surface area (Å²) < 4.78 is 63.3. The van der Waals surface area contributed by atoms with Gasteiger partial charge in [-0.3, -0.25) is 0 Å². The summed E-state index contributed by atoms with van der Waals surface area (Å²) in [4.78, 5) is -0.641. The Morgan fingerprint density at radius 2 is 1.59 bits per heavy atom. The highest BCUT2D eigenvalue weighted by Gasteiger charge is 2.47. The van der Waals surface area contributed by atoms with E-state index in [2.05, 4.69) is 0 Å². The van der Waals surface area contributed by atoms with Crippen molar-refractivity contribution in [1.29, 1.82) is 0 Å². The summed E-state index contributed by atoms with van der Waals surface area (Å²) >= 11 is 0. The van der Waals surface area contributed by atoms with E-state index >= 15 is 0 Å². The fourth-order valence-electron chi connectivity index (χ4n) is 2.71. The number of alkyl halides is 3. The summed E-state index contributed by atoms with van der Waals surface area (Å²) in [5.74, 6) is 0. The molecule has 0 amide bonds. The summed E-state index contributed by atoms with van der Waals surface area (Å²) in [5, 5.41) is 1.28. The number of hydrogen-bond donors (Lipinski definition) is 0. The minimum atomic E-state index is -5.42. The van der Waals surface area contributed by atoms with Crippen LogP contribution in [-0.4, -0.2) is 13.9 Å². The Labute approximate surface area is 125 Å². The van der Waals surface area contributed by atoms with Gasteiger partial charge in [0.2, 0.25) is 0 Å². The van der Waals surface area contributed by atoms with Crippen LogP contribution in [0.15, 0.2) is 41.3 Å². The smallest absolute Gasteiger partial charge is 0.216 e. The molecular weight excluding hydrogens is 313 g/mol. The van der Waals surface area contributed by atoms with Gasteiger partial charge in [0, 0.05) is 4.90 Å². The van der Waals surface area contributed by atoms with Gasteiger partial charge < -0.3 is 0 Å². The van der Waals surface area contributed by atoms with Gasteiger partial charge in [-0.05, 0) is 6.92 Å². The maximum atomic E-state index is 13.1. The number of benzene rings is 2. The standard InChI is InChI=1S/C16H12F3O2S/c1-9-3-5-11-12-6-4-10(2)8-14(12)15(13(11)7-9)22(20,21)16(17,18)19/h3-8H,1-2H3/q-1. The quantitative estimate of drug-likeness (QED) is 0.612. The first-order valence-electron chi connectivity index (χ1n) is 6.53. The second-order valence-electron chi connectivity index (χ2n) is 5.38. The molecule has 3 aromatic carbocycles. The van der Waals surface area contributed by atoms with E-state index in [9.17, 15) is 21.6 Å². The van der Waals surface area contributed by atoms with Gasteiger partial charge in [0.25, 0.3) is 9.84 Å². The minimum absolute atomic E-state index is 0.123. The normalized spacial score (nSPS) is 13.1. The van der Waals surface area contributed by atoms with Gasteiger partial charge in [-0.25, -0.2) is 8.42 Å². The number of rotatable bonds is 1. The van der Waals surface area contributed by atoms with Crippen molar-refractivity contribution in [3.8, 4) is 0 Å². The summed E-state index contributed by atoms with van der Waals surface area (Å²) in [5.41, 5.74) is -3.91. The summed E-state index contributed by atoms with van der Waals surface area (Å²) in [7, 11) is -5.42. The van der Waals surface area contributed by atoms with E-state index in [0.29, 0.717) is 21.9 Å². The highest BCUT2D eigenvalue weighted by atomic mass is 32.2. The lowest BCUT2D eigenvalue weighted by atomic mass is 10.1. The van der Waals surface area contributed by atoms with Crippen LogP contribution in [0.4, 0.5) is 13.2 Å². The van der Waals surface area contributed by atoms with Crippen molar-refractivity contribution in [2.24, 2.45) is 0 Å². The molecule has 0 aliphatic heterocycles. The number of hydrogen-bond acceptors (Lipinski definition) is 2. The van der Waals surface area contributed by atoms with Gasteiger partial charge >= 0.3 is 5.51 Å². The van der Waals surface area contributed by atoms with E-state index in [1.807, 2.05) is 0 Å². The first kappa shape index (κ1) is 15.0. The van der Waals surface area contributed by atoms with Crippen molar-refractivity contribution >= 4 is 31.4 Å². The molecule has 0 aliphatic rings. The lowest BCUT2D eigenvalue weighted by Gasteiger charge is -2.12. The molecule has 0 saturated heterocycles. The first-order valence-corrected chi connectivity index (χ1v) is 8.02. The van der Waals surface area contributed by atoms with Crippen LogP contribution in [0.3, 0.4) is 0 Å². The fraction of sp³-hybridized carbons (Fsp3) is 0.188. The molecule has 0 unspecified atom stereocenters. The maximum Gasteiger partial charge on any atom is 0.500 e. The van der Waals surface area contributed by atoms with Gasteiger partial charge in [-0.1, -0.05) is 41.5 Å². The Balaban J connectivity index is 2.60. The first-order chi connectivity index (χ1) is 10.1. The van der Waals surface area contributed by atoms with Crippen molar-refractivity contribution in [1.82, 2.24) is 0 Å². The molecule has 0 spiro atoms. The lowest BCUT2D eigenvalue weighted by Crippen LogP contribution is -2.23. The van der Waals surface area contributed by atoms with Crippen molar-refractivity contribution in [3.63, 3.8) is 0 Å². The largest absolute Gasteiger partial charge is 0.500 e. The number of halogens is 3. The van der Waals surface area contributed by atoms with Gasteiger partial charge in [-0.2, -0.15) is 13.2 Å². The average molecular weight is 325 g/mol. The van der Waals surface area contributed by atoms with Crippen LogP contribution in [0, 0.1) is 13.8 Å². The molecule has 0 heterocycles. The predicted octanol–water partition coefficient (Wildman–Crippen LogP) is 4.62. The van der Waals surface area contributed by atoms with Gasteiger partial charge in [0.15, 0.2) is 0 Å². The zero-order chi connectivity index (χ0) is 16.3. The molecule has 0 N–H and O–H groups in total. The molecule has 2 nitrogen and oxygen atoms in total. The molecule has 6 heteroatoms. The molecule has 22 heavy (non-hydrogen) atoms. The minimum Gasteiger partial charge on any atom is -0.216 e. The third kappa shape index (κ3) is 2.01. The number of aryl methyl sites for hydroxylation is 2. The molecule has 0 aromatic heterocycles. The average Bonchev–Trinajstić information content (AvgIpc) is 2.69. The molecule has 0 bridgehead atoms. The highest BCUT2D eigenvalue weighted by Crippen LogP contribution is 2.42. The summed E-state index contributed by atoms with van der Waals surface area (Å²) in [6.45, 7) is 3.43. The second-order valence-corrected chi connectivity index (χ2v) is 7.25. The Hall–Kier alpha value is -1.95. The molecule has 116 valence electrons. The Morgan fingerprint density at radius 3 is 2.23 bits per heavy atom. The van der Waals surface area contributed by atoms with Crippen LogP contribution in [0.1, 0.15) is 11.1 Å². The Kier molecular flexibility index (Phi) is 3.08. The van der Waals surface area contributed by atoms with Crippen LogP contribution in [0.5, 0.6) is 0 Å². The molecule has 3 rings (SSSR count). The third-order valence-electron chi connectivity index (χ3n) is 3.70. The number of fused-ring (bicyclic) bond motifs is 3. The molecule has 0 saturated carbocycles. The predicted molar refractivity (Wildman–Crippen MR) is 79.8 cm³/mol. The van der Waals surface area contributed by atoms with E-state index in [1.54, 1.807) is 38.1 Å². The van der Waals surface area contributed by atoms with Crippen molar-refractivity contribution in [2.45, 2.75) is 24.3 Å². The summed E-state index contributed by atoms with van der Waals surface area (Å²) in [6, 6.07) is 9.82. The Bertz CT molecular complexity index is 936. The third-order valence-corrected chi connectivity index (χ3v) is 5.29. The van der Waals surface area contributed by atoms with E-state index in [1.165, 1.54) is 12.1 Å². The van der Waals surface area contributed by atoms with E-state index in [-0.39, 0.29) is 10.8 Å². The zero-order valence-electron chi connectivity index (χ0n) is 11.8. The van der Waals surface area contributed by atoms with E-state index in [0.717, 1.165) is 0 Å². The van der Waals surface area contributed by atoms with Crippen molar-refractivity contribution < 1.29 is 21.6 Å². The second kappa shape index (κ2) is 4.52.